The molecule has 0 unspecified atom stereocenters. The Labute approximate surface area is 130 Å². The summed E-state index contributed by atoms with van der Waals surface area (Å²) in [5, 5.41) is 2.62. The van der Waals surface area contributed by atoms with Crippen LogP contribution in [0.25, 0.3) is 0 Å². The molecule has 3 nitrogen and oxygen atoms in total. The van der Waals surface area contributed by atoms with E-state index in [4.69, 9.17) is 11.6 Å². The summed E-state index contributed by atoms with van der Waals surface area (Å²) in [5.41, 5.74) is 1.25. The summed E-state index contributed by atoms with van der Waals surface area (Å²) in [6.45, 7) is 4.92. The molecule has 2 aromatic rings. The Morgan fingerprint density at radius 1 is 1.37 bits per heavy atom. The molecule has 2 aromatic heterocycles. The van der Waals surface area contributed by atoms with Gasteiger partial charge >= 0.3 is 0 Å². The zero-order valence-electron chi connectivity index (χ0n) is 11.0. The Kier molecular flexibility index (Phi) is 4.81. The molecule has 0 N–H and O–H groups in total. The normalized spacial score (nSPS) is 11.1. The van der Waals surface area contributed by atoms with Crippen LogP contribution in [0.2, 0.25) is 5.15 Å². The minimum Gasteiger partial charge on any atom is -0.355 e. The molecule has 2 rings (SSSR count). The zero-order chi connectivity index (χ0) is 14.0. The van der Waals surface area contributed by atoms with Crippen LogP contribution in [0, 0.1) is 0 Å². The van der Waals surface area contributed by atoms with E-state index in [-0.39, 0.29) is 5.92 Å². The van der Waals surface area contributed by atoms with Gasteiger partial charge in [-0.15, -0.1) is 11.3 Å². The summed E-state index contributed by atoms with van der Waals surface area (Å²) in [5.74, 6) is 1.90. The van der Waals surface area contributed by atoms with Gasteiger partial charge < -0.3 is 4.90 Å². The first kappa shape index (κ1) is 14.8. The molecule has 0 atom stereocenters. The van der Waals surface area contributed by atoms with Gasteiger partial charge in [0.15, 0.2) is 0 Å². The maximum Gasteiger partial charge on any atom is 0.135 e. The first-order valence-corrected chi connectivity index (χ1v) is 7.99. The third-order valence-electron chi connectivity index (χ3n) is 2.65. The van der Waals surface area contributed by atoms with Crippen LogP contribution in [0.1, 0.15) is 31.2 Å². The largest absolute Gasteiger partial charge is 0.355 e. The molecular formula is C13H15BrClN3S. The molecule has 0 bridgehead atoms. The molecule has 0 amide bonds. The lowest BCUT2D eigenvalue weighted by atomic mass is 10.2. The Morgan fingerprint density at radius 2 is 2.11 bits per heavy atom. The summed E-state index contributed by atoms with van der Waals surface area (Å²) in [6.07, 6.45) is 0. The molecule has 0 saturated heterocycles. The van der Waals surface area contributed by atoms with Gasteiger partial charge in [0.25, 0.3) is 0 Å². The van der Waals surface area contributed by atoms with Crippen LogP contribution in [0.15, 0.2) is 21.3 Å². The highest BCUT2D eigenvalue weighted by molar-refractivity contribution is 9.11. The van der Waals surface area contributed by atoms with E-state index in [1.807, 2.05) is 7.05 Å². The number of halogens is 2. The number of nitrogens with zero attached hydrogens (tertiary/aromatic N) is 3. The van der Waals surface area contributed by atoms with E-state index in [1.54, 1.807) is 17.4 Å². The van der Waals surface area contributed by atoms with E-state index in [9.17, 15) is 0 Å². The lowest BCUT2D eigenvalue weighted by molar-refractivity contribution is 0.762. The fourth-order valence-corrected chi connectivity index (χ4v) is 3.04. The van der Waals surface area contributed by atoms with Crippen molar-refractivity contribution in [3.63, 3.8) is 0 Å². The molecule has 2 heterocycles. The molecule has 102 valence electrons. The van der Waals surface area contributed by atoms with Crippen LogP contribution >= 0.6 is 38.9 Å². The topological polar surface area (TPSA) is 29.0 Å². The Bertz CT molecular complexity index is 571. The number of rotatable bonds is 4. The van der Waals surface area contributed by atoms with Crippen molar-refractivity contribution in [1.29, 1.82) is 0 Å². The average Bonchev–Trinajstić information content (AvgIpc) is 2.73. The fourth-order valence-electron chi connectivity index (χ4n) is 1.66. The molecule has 0 aliphatic heterocycles. The van der Waals surface area contributed by atoms with Crippen LogP contribution in [0.5, 0.6) is 0 Å². The monoisotopic (exact) mass is 359 g/mol. The Morgan fingerprint density at radius 3 is 2.68 bits per heavy atom. The first-order valence-electron chi connectivity index (χ1n) is 5.94. The third kappa shape index (κ3) is 3.91. The minimum atomic E-state index is 0.265. The van der Waals surface area contributed by atoms with Crippen molar-refractivity contribution < 1.29 is 0 Å². The van der Waals surface area contributed by atoms with Crippen LogP contribution in [0.4, 0.5) is 5.82 Å². The van der Waals surface area contributed by atoms with Gasteiger partial charge in [-0.1, -0.05) is 25.4 Å². The number of hydrogen-bond donors (Lipinski definition) is 0. The second kappa shape index (κ2) is 6.20. The van der Waals surface area contributed by atoms with Gasteiger partial charge in [0.05, 0.1) is 3.79 Å². The lowest BCUT2D eigenvalue weighted by Crippen LogP contribution is -2.18. The molecule has 19 heavy (non-hydrogen) atoms. The van der Waals surface area contributed by atoms with Crippen molar-refractivity contribution in [2.24, 2.45) is 0 Å². The average molecular weight is 361 g/mol. The van der Waals surface area contributed by atoms with Crippen molar-refractivity contribution in [1.82, 2.24) is 9.97 Å². The zero-order valence-corrected chi connectivity index (χ0v) is 14.2. The fraction of sp³-hybridized carbons (Fsp3) is 0.385. The minimum absolute atomic E-state index is 0.265. The second-order valence-electron chi connectivity index (χ2n) is 4.68. The van der Waals surface area contributed by atoms with E-state index < -0.39 is 0 Å². The van der Waals surface area contributed by atoms with Gasteiger partial charge in [0.2, 0.25) is 0 Å². The molecule has 0 saturated carbocycles. The molecule has 0 aliphatic carbocycles. The summed E-state index contributed by atoms with van der Waals surface area (Å²) >= 11 is 11.2. The number of hydrogen-bond acceptors (Lipinski definition) is 4. The summed E-state index contributed by atoms with van der Waals surface area (Å²) in [7, 11) is 2.01. The molecular weight excluding hydrogens is 346 g/mol. The van der Waals surface area contributed by atoms with Crippen molar-refractivity contribution >= 4 is 44.7 Å². The highest BCUT2D eigenvalue weighted by Crippen LogP contribution is 2.24. The highest BCUT2D eigenvalue weighted by Gasteiger charge is 2.11. The van der Waals surface area contributed by atoms with Gasteiger partial charge in [-0.05, 0) is 32.9 Å². The van der Waals surface area contributed by atoms with Crippen molar-refractivity contribution in [2.45, 2.75) is 26.3 Å². The number of anilines is 1. The van der Waals surface area contributed by atoms with E-state index >= 15 is 0 Å². The van der Waals surface area contributed by atoms with Gasteiger partial charge in [0.1, 0.15) is 16.8 Å². The van der Waals surface area contributed by atoms with Crippen molar-refractivity contribution in [2.75, 3.05) is 11.9 Å². The van der Waals surface area contributed by atoms with Gasteiger partial charge in [-0.2, -0.15) is 0 Å². The third-order valence-corrected chi connectivity index (χ3v) is 4.39. The van der Waals surface area contributed by atoms with Gasteiger partial charge in [0, 0.05) is 25.6 Å². The van der Waals surface area contributed by atoms with Crippen molar-refractivity contribution in [3.05, 3.63) is 37.8 Å². The van der Waals surface area contributed by atoms with E-state index in [0.717, 1.165) is 22.0 Å². The van der Waals surface area contributed by atoms with E-state index in [0.29, 0.717) is 5.15 Å². The quantitative estimate of drug-likeness (QED) is 0.739. The summed E-state index contributed by atoms with van der Waals surface area (Å²) in [6, 6.07) is 3.92. The van der Waals surface area contributed by atoms with E-state index in [1.165, 1.54) is 5.56 Å². The van der Waals surface area contributed by atoms with Crippen molar-refractivity contribution in [3.8, 4) is 0 Å². The van der Waals surface area contributed by atoms with E-state index in [2.05, 4.69) is 56.1 Å². The molecule has 0 radical (unpaired) electrons. The molecule has 0 fully saturated rings. The number of thiophene rings is 1. The Balaban J connectivity index is 2.20. The van der Waals surface area contributed by atoms with Gasteiger partial charge in [-0.25, -0.2) is 9.97 Å². The summed E-state index contributed by atoms with van der Waals surface area (Å²) < 4.78 is 1.14. The highest BCUT2D eigenvalue weighted by atomic mass is 79.9. The standard InChI is InChI=1S/C13H15BrClN3S/c1-8(2)13-16-11(15)5-12(17-13)18(3)6-9-4-10(14)19-7-9/h4-5,7-8H,6H2,1-3H3. The smallest absolute Gasteiger partial charge is 0.135 e. The predicted molar refractivity (Wildman–Crippen MR) is 85.3 cm³/mol. The Hall–Kier alpha value is -0.650. The molecule has 6 heteroatoms. The lowest BCUT2D eigenvalue weighted by Gasteiger charge is -2.19. The van der Waals surface area contributed by atoms with Crippen LogP contribution in [0.3, 0.4) is 0 Å². The van der Waals surface area contributed by atoms with Crippen LogP contribution < -0.4 is 4.90 Å². The molecule has 0 aliphatic rings. The van der Waals surface area contributed by atoms with Gasteiger partial charge in [-0.3, -0.25) is 0 Å². The maximum absolute atomic E-state index is 6.06. The SMILES string of the molecule is CC(C)c1nc(Cl)cc(N(C)Cc2csc(Br)c2)n1. The number of aromatic nitrogens is 2. The second-order valence-corrected chi connectivity index (χ2v) is 7.35. The van der Waals surface area contributed by atoms with Crippen LogP contribution in [-0.2, 0) is 6.54 Å². The molecule has 0 spiro atoms. The molecule has 0 aromatic carbocycles. The maximum atomic E-state index is 6.06. The predicted octanol–water partition coefficient (Wildman–Crippen LogP) is 4.71. The first-order chi connectivity index (χ1) is 8.95. The van der Waals surface area contributed by atoms with Crippen LogP contribution in [-0.4, -0.2) is 17.0 Å². The summed E-state index contributed by atoms with van der Waals surface area (Å²) in [4.78, 5) is 10.9.